The molecule has 0 bridgehead atoms. The highest BCUT2D eigenvalue weighted by Gasteiger charge is 2.14. The first kappa shape index (κ1) is 24.6. The number of carbonyl (C=O) groups excluding carboxylic acids is 1. The van der Waals surface area contributed by atoms with E-state index in [-0.39, 0.29) is 19.1 Å². The molecular formula is C28H24Cl2N2O3. The third-order valence-electron chi connectivity index (χ3n) is 5.23. The molecule has 0 unspecified atom stereocenters. The molecule has 0 aliphatic rings. The van der Waals surface area contributed by atoms with Crippen LogP contribution in [0.15, 0.2) is 78.9 Å². The summed E-state index contributed by atoms with van der Waals surface area (Å²) in [5, 5.41) is 4.62. The molecule has 7 heteroatoms. The molecule has 35 heavy (non-hydrogen) atoms. The normalized spacial score (nSPS) is 11.1. The molecule has 1 aromatic heterocycles. The van der Waals surface area contributed by atoms with Gasteiger partial charge < -0.3 is 14.8 Å². The van der Waals surface area contributed by atoms with Crippen LogP contribution >= 0.6 is 23.2 Å². The highest BCUT2D eigenvalue weighted by molar-refractivity contribution is 6.36. The Morgan fingerprint density at radius 3 is 2.60 bits per heavy atom. The lowest BCUT2D eigenvalue weighted by molar-refractivity contribution is -0.116. The van der Waals surface area contributed by atoms with E-state index in [2.05, 4.69) is 10.3 Å². The van der Waals surface area contributed by atoms with Gasteiger partial charge in [0.25, 0.3) is 0 Å². The fourth-order valence-corrected chi connectivity index (χ4v) is 3.97. The first-order chi connectivity index (χ1) is 17.0. The van der Waals surface area contributed by atoms with E-state index in [1.807, 2.05) is 67.6 Å². The second kappa shape index (κ2) is 11.7. The van der Waals surface area contributed by atoms with Gasteiger partial charge in [-0.05, 0) is 42.8 Å². The molecule has 1 N–H and O–H groups in total. The number of benzene rings is 3. The van der Waals surface area contributed by atoms with Crippen molar-refractivity contribution in [3.05, 3.63) is 106 Å². The SMILES string of the molecule is Cc1ccc2cccc(OCc3c(Cl)ccc(OCCNC(=O)/C=C/c4ccccc4)c3Cl)c2n1. The Labute approximate surface area is 214 Å². The van der Waals surface area contributed by atoms with E-state index in [0.29, 0.717) is 33.7 Å². The summed E-state index contributed by atoms with van der Waals surface area (Å²) in [6.07, 6.45) is 3.25. The van der Waals surface area contributed by atoms with E-state index < -0.39 is 0 Å². The minimum Gasteiger partial charge on any atom is -0.490 e. The Bertz CT molecular complexity index is 1360. The number of halogens is 2. The first-order valence-electron chi connectivity index (χ1n) is 11.1. The first-order valence-corrected chi connectivity index (χ1v) is 11.9. The van der Waals surface area contributed by atoms with E-state index in [0.717, 1.165) is 22.2 Å². The number of carbonyl (C=O) groups is 1. The zero-order valence-corrected chi connectivity index (χ0v) is 20.6. The van der Waals surface area contributed by atoms with Crippen molar-refractivity contribution in [3.8, 4) is 11.5 Å². The molecular weight excluding hydrogens is 483 g/mol. The van der Waals surface area contributed by atoms with Crippen molar-refractivity contribution < 1.29 is 14.3 Å². The molecule has 0 spiro atoms. The average molecular weight is 507 g/mol. The lowest BCUT2D eigenvalue weighted by Crippen LogP contribution is -2.26. The molecule has 0 radical (unpaired) electrons. The van der Waals surface area contributed by atoms with Gasteiger partial charge in [-0.25, -0.2) is 4.98 Å². The van der Waals surface area contributed by atoms with Crippen LogP contribution < -0.4 is 14.8 Å². The van der Waals surface area contributed by atoms with Gasteiger partial charge in [0.15, 0.2) is 0 Å². The van der Waals surface area contributed by atoms with Gasteiger partial charge >= 0.3 is 0 Å². The molecule has 0 saturated carbocycles. The average Bonchev–Trinajstić information content (AvgIpc) is 2.87. The fraction of sp³-hybridized carbons (Fsp3) is 0.143. The number of para-hydroxylation sites is 1. The molecule has 1 amide bonds. The topological polar surface area (TPSA) is 60.5 Å². The van der Waals surface area contributed by atoms with Crippen molar-refractivity contribution >= 4 is 46.1 Å². The van der Waals surface area contributed by atoms with Crippen LogP contribution in [0, 0.1) is 6.92 Å². The maximum atomic E-state index is 12.0. The maximum absolute atomic E-state index is 12.0. The largest absolute Gasteiger partial charge is 0.490 e. The zero-order chi connectivity index (χ0) is 24.6. The third-order valence-corrected chi connectivity index (χ3v) is 6.00. The smallest absolute Gasteiger partial charge is 0.244 e. The van der Waals surface area contributed by atoms with Gasteiger partial charge in [-0.3, -0.25) is 4.79 Å². The number of rotatable bonds is 9. The minimum atomic E-state index is -0.201. The summed E-state index contributed by atoms with van der Waals surface area (Å²) in [6, 6.07) is 22.8. The van der Waals surface area contributed by atoms with E-state index in [9.17, 15) is 4.79 Å². The van der Waals surface area contributed by atoms with Gasteiger partial charge in [0.05, 0.1) is 11.6 Å². The van der Waals surface area contributed by atoms with Crippen LogP contribution in [-0.2, 0) is 11.4 Å². The van der Waals surface area contributed by atoms with Crippen LogP contribution in [0.2, 0.25) is 10.0 Å². The highest BCUT2D eigenvalue weighted by atomic mass is 35.5. The van der Waals surface area contributed by atoms with E-state index in [1.165, 1.54) is 6.08 Å². The van der Waals surface area contributed by atoms with Gasteiger partial charge in [0.2, 0.25) is 5.91 Å². The van der Waals surface area contributed by atoms with Crippen LogP contribution in [0.5, 0.6) is 11.5 Å². The Morgan fingerprint density at radius 1 is 0.943 bits per heavy atom. The van der Waals surface area contributed by atoms with Crippen LogP contribution in [-0.4, -0.2) is 24.0 Å². The van der Waals surface area contributed by atoms with E-state index in [1.54, 1.807) is 18.2 Å². The Morgan fingerprint density at radius 2 is 1.77 bits per heavy atom. The zero-order valence-electron chi connectivity index (χ0n) is 19.1. The molecule has 0 atom stereocenters. The lowest BCUT2D eigenvalue weighted by Gasteiger charge is -2.15. The molecule has 4 rings (SSSR count). The van der Waals surface area contributed by atoms with E-state index in [4.69, 9.17) is 32.7 Å². The number of aryl methyl sites for hydroxylation is 1. The summed E-state index contributed by atoms with van der Waals surface area (Å²) in [6.45, 7) is 2.67. The van der Waals surface area contributed by atoms with Crippen LogP contribution in [0.3, 0.4) is 0 Å². The van der Waals surface area contributed by atoms with Crippen molar-refractivity contribution in [2.45, 2.75) is 13.5 Å². The van der Waals surface area contributed by atoms with Crippen LogP contribution in [0.4, 0.5) is 0 Å². The quantitative estimate of drug-likeness (QED) is 0.204. The number of amides is 1. The Balaban J connectivity index is 1.35. The number of ether oxygens (including phenoxy) is 2. The molecule has 5 nitrogen and oxygen atoms in total. The highest BCUT2D eigenvalue weighted by Crippen LogP contribution is 2.35. The van der Waals surface area contributed by atoms with Gasteiger partial charge in [0.1, 0.15) is 30.2 Å². The number of pyridine rings is 1. The van der Waals surface area contributed by atoms with Gasteiger partial charge in [0, 0.05) is 27.7 Å². The van der Waals surface area contributed by atoms with E-state index >= 15 is 0 Å². The number of hydrogen-bond acceptors (Lipinski definition) is 4. The molecule has 0 fully saturated rings. The molecule has 0 aliphatic heterocycles. The standard InChI is InChI=1S/C28H24Cl2N2O3/c1-19-10-12-21-8-5-9-25(28(21)32-19)35-18-22-23(29)13-14-24(27(22)30)34-17-16-31-26(33)15-11-20-6-3-2-4-7-20/h2-15H,16-18H2,1H3,(H,31,33)/b15-11+. The predicted octanol–water partition coefficient (Wildman–Crippen LogP) is 6.64. The molecule has 1 heterocycles. The summed E-state index contributed by atoms with van der Waals surface area (Å²) in [4.78, 5) is 16.6. The van der Waals surface area contributed by atoms with Crippen LogP contribution in [0.25, 0.3) is 17.0 Å². The summed E-state index contributed by atoms with van der Waals surface area (Å²) in [7, 11) is 0. The molecule has 0 aliphatic carbocycles. The number of nitrogens with zero attached hydrogens (tertiary/aromatic N) is 1. The minimum absolute atomic E-state index is 0.157. The third kappa shape index (κ3) is 6.53. The summed E-state index contributed by atoms with van der Waals surface area (Å²) in [5.41, 5.74) is 3.26. The number of aromatic nitrogens is 1. The Hall–Kier alpha value is -3.54. The summed E-state index contributed by atoms with van der Waals surface area (Å²) in [5.74, 6) is 0.916. The molecule has 0 saturated heterocycles. The van der Waals surface area contributed by atoms with Crippen molar-refractivity contribution in [3.63, 3.8) is 0 Å². The fourth-order valence-electron chi connectivity index (χ4n) is 3.43. The summed E-state index contributed by atoms with van der Waals surface area (Å²) >= 11 is 13.0. The van der Waals surface area contributed by atoms with Crippen molar-refractivity contribution in [2.75, 3.05) is 13.2 Å². The molecule has 178 valence electrons. The molecule has 3 aromatic carbocycles. The number of nitrogens with one attached hydrogen (secondary N) is 1. The van der Waals surface area contributed by atoms with Crippen molar-refractivity contribution in [1.29, 1.82) is 0 Å². The number of fused-ring (bicyclic) bond motifs is 1. The predicted molar refractivity (Wildman–Crippen MR) is 141 cm³/mol. The van der Waals surface area contributed by atoms with Gasteiger partial charge in [-0.1, -0.05) is 71.7 Å². The second-order valence-electron chi connectivity index (χ2n) is 7.79. The number of hydrogen-bond donors (Lipinski definition) is 1. The van der Waals surface area contributed by atoms with Crippen molar-refractivity contribution in [1.82, 2.24) is 10.3 Å². The summed E-state index contributed by atoms with van der Waals surface area (Å²) < 4.78 is 11.8. The van der Waals surface area contributed by atoms with Gasteiger partial charge in [-0.2, -0.15) is 0 Å². The Kier molecular flexibility index (Phi) is 8.24. The van der Waals surface area contributed by atoms with Crippen LogP contribution in [0.1, 0.15) is 16.8 Å². The maximum Gasteiger partial charge on any atom is 0.244 e. The van der Waals surface area contributed by atoms with Crippen molar-refractivity contribution in [2.24, 2.45) is 0 Å². The second-order valence-corrected chi connectivity index (χ2v) is 8.58. The monoisotopic (exact) mass is 506 g/mol. The van der Waals surface area contributed by atoms with Gasteiger partial charge in [-0.15, -0.1) is 0 Å². The lowest BCUT2D eigenvalue weighted by atomic mass is 10.2. The molecule has 4 aromatic rings.